The van der Waals surface area contributed by atoms with E-state index in [4.69, 9.17) is 10.00 Å². The largest absolute Gasteiger partial charge is 0.378 e. The predicted molar refractivity (Wildman–Crippen MR) is 101 cm³/mol. The molecule has 0 radical (unpaired) electrons. The summed E-state index contributed by atoms with van der Waals surface area (Å²) < 4.78 is 5.42. The highest BCUT2D eigenvalue weighted by atomic mass is 16.5. The smallest absolute Gasteiger partial charge is 0.134 e. The molecule has 0 aliphatic carbocycles. The van der Waals surface area contributed by atoms with Gasteiger partial charge in [-0.2, -0.15) is 5.26 Å². The van der Waals surface area contributed by atoms with E-state index < -0.39 is 0 Å². The Hall–Kier alpha value is -2.85. The number of benzene rings is 1. The summed E-state index contributed by atoms with van der Waals surface area (Å²) in [6.07, 6.45) is 1.66. The van der Waals surface area contributed by atoms with Crippen LogP contribution in [0.1, 0.15) is 5.56 Å². The standard InChI is InChI=1S/C19H22N6O/c20-14-16-1-3-17(4-2-16)23-5-7-24(8-6-23)18-13-19(22-15-21-18)25-9-11-26-12-10-25/h1-4,13,15H,5-12H2. The number of morpholine rings is 1. The first-order valence-corrected chi connectivity index (χ1v) is 8.98. The summed E-state index contributed by atoms with van der Waals surface area (Å²) >= 11 is 0. The summed E-state index contributed by atoms with van der Waals surface area (Å²) in [5.41, 5.74) is 1.87. The number of aromatic nitrogens is 2. The van der Waals surface area contributed by atoms with Gasteiger partial charge in [-0.05, 0) is 24.3 Å². The molecule has 0 N–H and O–H groups in total. The fourth-order valence-electron chi connectivity index (χ4n) is 3.42. The first kappa shape index (κ1) is 16.6. The highest BCUT2D eigenvalue weighted by Gasteiger charge is 2.20. The van der Waals surface area contributed by atoms with Gasteiger partial charge >= 0.3 is 0 Å². The van der Waals surface area contributed by atoms with Crippen molar-refractivity contribution in [1.29, 1.82) is 5.26 Å². The zero-order valence-electron chi connectivity index (χ0n) is 14.7. The van der Waals surface area contributed by atoms with E-state index in [1.54, 1.807) is 6.33 Å². The van der Waals surface area contributed by atoms with Crippen LogP contribution in [-0.2, 0) is 4.74 Å². The maximum absolute atomic E-state index is 8.92. The third kappa shape index (κ3) is 3.55. The number of rotatable bonds is 3. The number of ether oxygens (including phenoxy) is 1. The highest BCUT2D eigenvalue weighted by Crippen LogP contribution is 2.22. The van der Waals surface area contributed by atoms with Crippen molar-refractivity contribution in [3.63, 3.8) is 0 Å². The third-order valence-electron chi connectivity index (χ3n) is 4.94. The van der Waals surface area contributed by atoms with E-state index in [0.29, 0.717) is 5.56 Å². The molecule has 26 heavy (non-hydrogen) atoms. The van der Waals surface area contributed by atoms with Gasteiger partial charge in [-0.15, -0.1) is 0 Å². The van der Waals surface area contributed by atoms with Crippen LogP contribution < -0.4 is 14.7 Å². The molecule has 0 saturated carbocycles. The topological polar surface area (TPSA) is 68.5 Å². The third-order valence-corrected chi connectivity index (χ3v) is 4.94. The number of piperazine rings is 1. The number of hydrogen-bond donors (Lipinski definition) is 0. The molecular formula is C19H22N6O. The van der Waals surface area contributed by atoms with Gasteiger partial charge in [0.1, 0.15) is 18.0 Å². The molecule has 2 aliphatic heterocycles. The van der Waals surface area contributed by atoms with E-state index >= 15 is 0 Å². The number of nitrogens with zero attached hydrogens (tertiary/aromatic N) is 6. The lowest BCUT2D eigenvalue weighted by Crippen LogP contribution is -2.47. The molecule has 2 aliphatic rings. The van der Waals surface area contributed by atoms with Crippen LogP contribution in [-0.4, -0.2) is 62.5 Å². The van der Waals surface area contributed by atoms with Crippen molar-refractivity contribution in [3.8, 4) is 6.07 Å². The van der Waals surface area contributed by atoms with Gasteiger partial charge in [0.25, 0.3) is 0 Å². The quantitative estimate of drug-likeness (QED) is 0.831. The predicted octanol–water partition coefficient (Wildman–Crippen LogP) is 1.51. The molecule has 7 heteroatoms. The van der Waals surface area contributed by atoms with E-state index in [0.717, 1.165) is 64.1 Å². The van der Waals surface area contributed by atoms with Gasteiger partial charge in [0.05, 0.1) is 24.8 Å². The minimum atomic E-state index is 0.698. The van der Waals surface area contributed by atoms with Crippen molar-refractivity contribution >= 4 is 17.3 Å². The lowest BCUT2D eigenvalue weighted by atomic mass is 10.2. The monoisotopic (exact) mass is 350 g/mol. The number of nitriles is 1. The fraction of sp³-hybridized carbons (Fsp3) is 0.421. The normalized spacial score (nSPS) is 17.9. The van der Waals surface area contributed by atoms with Crippen molar-refractivity contribution in [2.45, 2.75) is 0 Å². The Morgan fingerprint density at radius 1 is 0.808 bits per heavy atom. The SMILES string of the molecule is N#Cc1ccc(N2CCN(c3cc(N4CCOCC4)ncn3)CC2)cc1. The molecule has 0 bridgehead atoms. The zero-order chi connectivity index (χ0) is 17.8. The van der Waals surface area contributed by atoms with Crippen LogP contribution in [0.4, 0.5) is 17.3 Å². The first-order valence-electron chi connectivity index (χ1n) is 8.98. The van der Waals surface area contributed by atoms with Gasteiger partial charge < -0.3 is 19.4 Å². The molecule has 2 saturated heterocycles. The molecule has 7 nitrogen and oxygen atoms in total. The van der Waals surface area contributed by atoms with E-state index in [1.165, 1.54) is 5.69 Å². The maximum atomic E-state index is 8.92. The summed E-state index contributed by atoms with van der Waals surface area (Å²) in [6.45, 7) is 6.96. The second-order valence-corrected chi connectivity index (χ2v) is 6.47. The molecule has 0 unspecified atom stereocenters. The Morgan fingerprint density at radius 2 is 1.38 bits per heavy atom. The number of anilines is 3. The number of hydrogen-bond acceptors (Lipinski definition) is 7. The fourth-order valence-corrected chi connectivity index (χ4v) is 3.42. The Labute approximate surface area is 153 Å². The van der Waals surface area contributed by atoms with E-state index in [2.05, 4.69) is 36.8 Å². The lowest BCUT2D eigenvalue weighted by molar-refractivity contribution is 0.122. The van der Waals surface area contributed by atoms with E-state index in [9.17, 15) is 0 Å². The van der Waals surface area contributed by atoms with Gasteiger partial charge in [-0.25, -0.2) is 9.97 Å². The van der Waals surface area contributed by atoms with Crippen LogP contribution in [0.15, 0.2) is 36.7 Å². The molecule has 0 atom stereocenters. The maximum Gasteiger partial charge on any atom is 0.134 e. The lowest BCUT2D eigenvalue weighted by Gasteiger charge is -2.37. The van der Waals surface area contributed by atoms with Crippen molar-refractivity contribution < 1.29 is 4.74 Å². The Morgan fingerprint density at radius 3 is 2.00 bits per heavy atom. The average molecular weight is 350 g/mol. The van der Waals surface area contributed by atoms with Gasteiger partial charge in [0, 0.05) is 51.0 Å². The Kier molecular flexibility index (Phi) is 4.84. The van der Waals surface area contributed by atoms with Gasteiger partial charge in [0.15, 0.2) is 0 Å². The average Bonchev–Trinajstić information content (AvgIpc) is 2.75. The summed E-state index contributed by atoms with van der Waals surface area (Å²) in [4.78, 5) is 15.8. The molecule has 2 fully saturated rings. The zero-order valence-corrected chi connectivity index (χ0v) is 14.7. The van der Waals surface area contributed by atoms with Gasteiger partial charge in [-0.3, -0.25) is 0 Å². The van der Waals surface area contributed by atoms with Crippen LogP contribution in [0, 0.1) is 11.3 Å². The summed E-state index contributed by atoms with van der Waals surface area (Å²) in [6, 6.07) is 12.0. The molecule has 3 heterocycles. The van der Waals surface area contributed by atoms with Crippen molar-refractivity contribution in [2.75, 3.05) is 67.2 Å². The molecule has 2 aromatic rings. The summed E-state index contributed by atoms with van der Waals surface area (Å²) in [5.74, 6) is 1.97. The molecule has 1 aromatic carbocycles. The van der Waals surface area contributed by atoms with Crippen LogP contribution in [0.25, 0.3) is 0 Å². The van der Waals surface area contributed by atoms with Crippen LogP contribution in [0.3, 0.4) is 0 Å². The summed E-state index contributed by atoms with van der Waals surface area (Å²) in [5, 5.41) is 8.92. The minimum Gasteiger partial charge on any atom is -0.378 e. The van der Waals surface area contributed by atoms with Crippen molar-refractivity contribution in [3.05, 3.63) is 42.2 Å². The van der Waals surface area contributed by atoms with Crippen LogP contribution in [0.5, 0.6) is 0 Å². The van der Waals surface area contributed by atoms with Gasteiger partial charge in [-0.1, -0.05) is 0 Å². The molecule has 0 spiro atoms. The Balaban J connectivity index is 1.40. The second-order valence-electron chi connectivity index (χ2n) is 6.47. The molecule has 1 aromatic heterocycles. The highest BCUT2D eigenvalue weighted by molar-refractivity contribution is 5.54. The van der Waals surface area contributed by atoms with E-state index in [-0.39, 0.29) is 0 Å². The second kappa shape index (κ2) is 7.58. The first-order chi connectivity index (χ1) is 12.8. The minimum absolute atomic E-state index is 0.698. The van der Waals surface area contributed by atoms with Gasteiger partial charge in [0.2, 0.25) is 0 Å². The molecular weight excluding hydrogens is 328 g/mol. The molecule has 134 valence electrons. The molecule has 0 amide bonds. The van der Waals surface area contributed by atoms with Crippen LogP contribution >= 0.6 is 0 Å². The van der Waals surface area contributed by atoms with Crippen molar-refractivity contribution in [2.24, 2.45) is 0 Å². The van der Waals surface area contributed by atoms with E-state index in [1.807, 2.05) is 24.3 Å². The molecule has 4 rings (SSSR count). The summed E-state index contributed by atoms with van der Waals surface area (Å²) in [7, 11) is 0. The van der Waals surface area contributed by atoms with Crippen molar-refractivity contribution in [1.82, 2.24) is 9.97 Å². The Bertz CT molecular complexity index is 773. The van der Waals surface area contributed by atoms with Crippen LogP contribution in [0.2, 0.25) is 0 Å².